The van der Waals surface area contributed by atoms with E-state index in [-0.39, 0.29) is 24.3 Å². The van der Waals surface area contributed by atoms with Crippen LogP contribution in [0.15, 0.2) is 65.5 Å². The molecule has 8 nitrogen and oxygen atoms in total. The van der Waals surface area contributed by atoms with Crippen molar-refractivity contribution in [3.05, 3.63) is 83.6 Å². The van der Waals surface area contributed by atoms with Crippen LogP contribution >= 0.6 is 0 Å². The third-order valence-corrected chi connectivity index (χ3v) is 6.50. The zero-order valence-electron chi connectivity index (χ0n) is 20.7. The minimum Gasteiger partial charge on any atom is -0.459 e. The minimum absolute atomic E-state index is 0.0691. The lowest BCUT2D eigenvalue weighted by atomic mass is 9.94. The Kier molecular flexibility index (Phi) is 8.15. The summed E-state index contributed by atoms with van der Waals surface area (Å²) in [4.78, 5) is 45.8. The maximum Gasteiger partial charge on any atom is 0.287 e. The van der Waals surface area contributed by atoms with E-state index in [0.717, 1.165) is 36.8 Å². The summed E-state index contributed by atoms with van der Waals surface area (Å²) in [6, 6.07) is 11.6. The van der Waals surface area contributed by atoms with Gasteiger partial charge in [0, 0.05) is 29.7 Å². The Bertz CT molecular complexity index is 1190. The first kappa shape index (κ1) is 25.2. The summed E-state index contributed by atoms with van der Waals surface area (Å²) in [7, 11) is 0. The predicted octanol–water partition coefficient (Wildman–Crippen LogP) is 4.24. The van der Waals surface area contributed by atoms with Gasteiger partial charge < -0.3 is 15.1 Å². The summed E-state index contributed by atoms with van der Waals surface area (Å²) in [6.45, 7) is 3.53. The standard InChI is InChI=1S/C28H32N4O4/c1-19-12-13-20(2)23(16-19)32(25(33)18-30-27(34)24-11-7-15-36-24)26(21-8-6-14-29-17-21)28(35)31-22-9-4-3-5-10-22/h6-8,11-17,22,26H,3-5,9-10,18H2,1-2H3,(H,30,34)(H,31,35)/t26-/m1/s1. The van der Waals surface area contributed by atoms with Gasteiger partial charge in [-0.15, -0.1) is 0 Å². The first-order chi connectivity index (χ1) is 17.4. The van der Waals surface area contributed by atoms with Gasteiger partial charge >= 0.3 is 0 Å². The molecule has 2 heterocycles. The summed E-state index contributed by atoms with van der Waals surface area (Å²) in [5.74, 6) is -1.07. The van der Waals surface area contributed by atoms with Gasteiger partial charge in [-0.05, 0) is 62.1 Å². The fourth-order valence-corrected chi connectivity index (χ4v) is 4.61. The predicted molar refractivity (Wildman–Crippen MR) is 136 cm³/mol. The van der Waals surface area contributed by atoms with Crippen molar-refractivity contribution in [2.75, 3.05) is 11.4 Å². The molecule has 1 aromatic carbocycles. The van der Waals surface area contributed by atoms with Crippen LogP contribution in [-0.2, 0) is 9.59 Å². The molecule has 0 aliphatic heterocycles. The Morgan fingerprint density at radius 3 is 2.58 bits per heavy atom. The molecule has 0 bridgehead atoms. The highest BCUT2D eigenvalue weighted by atomic mass is 16.3. The van der Waals surface area contributed by atoms with Crippen LogP contribution in [0.25, 0.3) is 0 Å². The number of anilines is 1. The van der Waals surface area contributed by atoms with Crippen molar-refractivity contribution in [1.82, 2.24) is 15.6 Å². The average Bonchev–Trinajstić information content (AvgIpc) is 3.43. The van der Waals surface area contributed by atoms with Crippen molar-refractivity contribution in [1.29, 1.82) is 0 Å². The molecule has 1 aliphatic carbocycles. The Labute approximate surface area is 211 Å². The van der Waals surface area contributed by atoms with Crippen molar-refractivity contribution < 1.29 is 18.8 Å². The van der Waals surface area contributed by atoms with E-state index in [1.165, 1.54) is 23.7 Å². The summed E-state index contributed by atoms with van der Waals surface area (Å²) < 4.78 is 5.14. The van der Waals surface area contributed by atoms with Crippen LogP contribution in [0, 0.1) is 13.8 Å². The van der Waals surface area contributed by atoms with Crippen LogP contribution in [0.3, 0.4) is 0 Å². The van der Waals surface area contributed by atoms with Crippen molar-refractivity contribution in [2.24, 2.45) is 0 Å². The number of rotatable bonds is 8. The van der Waals surface area contributed by atoms with E-state index in [9.17, 15) is 14.4 Å². The van der Waals surface area contributed by atoms with E-state index in [4.69, 9.17) is 4.42 Å². The molecular weight excluding hydrogens is 456 g/mol. The molecule has 1 aliphatic rings. The molecule has 1 atom stereocenters. The molecule has 36 heavy (non-hydrogen) atoms. The highest BCUT2D eigenvalue weighted by Crippen LogP contribution is 2.31. The van der Waals surface area contributed by atoms with E-state index in [2.05, 4.69) is 15.6 Å². The highest BCUT2D eigenvalue weighted by molar-refractivity contribution is 6.04. The number of benzene rings is 1. The molecule has 188 valence electrons. The molecule has 1 fully saturated rings. The van der Waals surface area contributed by atoms with Crippen LogP contribution in [0.4, 0.5) is 5.69 Å². The van der Waals surface area contributed by atoms with Gasteiger partial charge in [-0.2, -0.15) is 0 Å². The summed E-state index contributed by atoms with van der Waals surface area (Å²) in [5.41, 5.74) is 2.99. The van der Waals surface area contributed by atoms with E-state index in [1.807, 2.05) is 32.0 Å². The number of carbonyl (C=O) groups excluding carboxylic acids is 3. The number of nitrogens with zero attached hydrogens (tertiary/aromatic N) is 2. The van der Waals surface area contributed by atoms with E-state index in [1.54, 1.807) is 30.6 Å². The quantitative estimate of drug-likeness (QED) is 0.493. The Morgan fingerprint density at radius 1 is 1.08 bits per heavy atom. The van der Waals surface area contributed by atoms with Crippen molar-refractivity contribution in [2.45, 2.75) is 58.0 Å². The second-order valence-corrected chi connectivity index (χ2v) is 9.25. The van der Waals surface area contributed by atoms with Gasteiger partial charge in [0.2, 0.25) is 11.8 Å². The van der Waals surface area contributed by atoms with E-state index in [0.29, 0.717) is 11.3 Å². The van der Waals surface area contributed by atoms with Crippen LogP contribution in [0.2, 0.25) is 0 Å². The minimum atomic E-state index is -0.950. The van der Waals surface area contributed by atoms with Gasteiger partial charge in [-0.1, -0.05) is 37.5 Å². The number of aryl methyl sites for hydroxylation is 2. The van der Waals surface area contributed by atoms with Gasteiger partial charge in [0.1, 0.15) is 6.04 Å². The zero-order valence-corrected chi connectivity index (χ0v) is 20.7. The number of pyridine rings is 1. The number of aromatic nitrogens is 1. The number of furan rings is 1. The molecule has 8 heteroatoms. The molecule has 3 aromatic rings. The molecule has 3 amide bonds. The number of hydrogen-bond acceptors (Lipinski definition) is 5. The lowest BCUT2D eigenvalue weighted by molar-refractivity contribution is -0.127. The van der Waals surface area contributed by atoms with Crippen LogP contribution in [0.1, 0.15) is 65.4 Å². The van der Waals surface area contributed by atoms with Crippen molar-refractivity contribution in [3.63, 3.8) is 0 Å². The number of carbonyl (C=O) groups is 3. The smallest absolute Gasteiger partial charge is 0.287 e. The average molecular weight is 489 g/mol. The maximum atomic E-state index is 13.8. The fraction of sp³-hybridized carbons (Fsp3) is 0.357. The molecule has 0 radical (unpaired) electrons. The zero-order chi connectivity index (χ0) is 25.5. The summed E-state index contributed by atoms with van der Waals surface area (Å²) in [6.07, 6.45) is 9.78. The maximum absolute atomic E-state index is 13.8. The Morgan fingerprint density at radius 2 is 1.89 bits per heavy atom. The SMILES string of the molecule is Cc1ccc(C)c(N(C(=O)CNC(=O)c2ccco2)[C@@H](C(=O)NC2CCCCC2)c2cccnc2)c1. The molecular formula is C28H32N4O4. The lowest BCUT2D eigenvalue weighted by Gasteiger charge is -2.34. The van der Waals surface area contributed by atoms with Crippen LogP contribution in [0.5, 0.6) is 0 Å². The second-order valence-electron chi connectivity index (χ2n) is 9.25. The first-order valence-corrected chi connectivity index (χ1v) is 12.4. The number of nitrogens with one attached hydrogen (secondary N) is 2. The molecule has 2 N–H and O–H groups in total. The largest absolute Gasteiger partial charge is 0.459 e. The van der Waals surface area contributed by atoms with E-state index < -0.39 is 17.9 Å². The van der Waals surface area contributed by atoms with Gasteiger partial charge in [-0.25, -0.2) is 0 Å². The lowest BCUT2D eigenvalue weighted by Crippen LogP contribution is -2.50. The monoisotopic (exact) mass is 488 g/mol. The van der Waals surface area contributed by atoms with Crippen molar-refractivity contribution >= 4 is 23.4 Å². The third-order valence-electron chi connectivity index (χ3n) is 6.50. The third kappa shape index (κ3) is 6.00. The van der Waals surface area contributed by atoms with Crippen LogP contribution in [-0.4, -0.2) is 35.3 Å². The summed E-state index contributed by atoms with van der Waals surface area (Å²) >= 11 is 0. The molecule has 1 saturated carbocycles. The Balaban J connectivity index is 1.70. The van der Waals surface area contributed by atoms with Gasteiger partial charge in [-0.3, -0.25) is 24.3 Å². The first-order valence-electron chi connectivity index (χ1n) is 12.4. The van der Waals surface area contributed by atoms with Crippen LogP contribution < -0.4 is 15.5 Å². The molecule has 0 unspecified atom stereocenters. The number of amides is 3. The summed E-state index contributed by atoms with van der Waals surface area (Å²) in [5, 5.41) is 5.81. The molecule has 2 aromatic heterocycles. The molecule has 4 rings (SSSR count). The normalized spacial score (nSPS) is 14.6. The molecule has 0 spiro atoms. The van der Waals surface area contributed by atoms with Gasteiger partial charge in [0.15, 0.2) is 5.76 Å². The number of hydrogen-bond donors (Lipinski definition) is 2. The van der Waals surface area contributed by atoms with Crippen molar-refractivity contribution in [3.8, 4) is 0 Å². The molecule has 0 saturated heterocycles. The van der Waals surface area contributed by atoms with Gasteiger partial charge in [0.25, 0.3) is 5.91 Å². The second kappa shape index (κ2) is 11.7. The fourth-order valence-electron chi connectivity index (χ4n) is 4.61. The van der Waals surface area contributed by atoms with Gasteiger partial charge in [0.05, 0.1) is 12.8 Å². The highest BCUT2D eigenvalue weighted by Gasteiger charge is 2.35. The topological polar surface area (TPSA) is 105 Å². The Hall–Kier alpha value is -3.94. The van der Waals surface area contributed by atoms with E-state index >= 15 is 0 Å².